The molecule has 0 amide bonds. The first-order valence-electron chi connectivity index (χ1n) is 13.6. The van der Waals surface area contributed by atoms with Gasteiger partial charge in [0.25, 0.3) is 0 Å². The first kappa shape index (κ1) is 32.7. The van der Waals surface area contributed by atoms with Crippen LogP contribution in [0.25, 0.3) is 0 Å². The fraction of sp³-hybridized carbons (Fsp3) is 0.733. The molecule has 1 unspecified atom stereocenters. The predicted octanol–water partition coefficient (Wildman–Crippen LogP) is 8.30. The summed E-state index contributed by atoms with van der Waals surface area (Å²) in [5, 5.41) is 3.13. The zero-order chi connectivity index (χ0) is 21.8. The quantitative estimate of drug-likeness (QED) is 0.236. The summed E-state index contributed by atoms with van der Waals surface area (Å²) >= 11 is 0. The van der Waals surface area contributed by atoms with Gasteiger partial charge in [-0.15, -0.1) is 0 Å². The summed E-state index contributed by atoms with van der Waals surface area (Å²) in [7, 11) is -2.14. The van der Waals surface area contributed by atoms with Gasteiger partial charge in [-0.1, -0.05) is 52.2 Å². The molecule has 3 fully saturated rings. The molecule has 1 N–H and O–H groups in total. The molecule has 1 aromatic carbocycles. The van der Waals surface area contributed by atoms with Crippen molar-refractivity contribution in [3.05, 3.63) is 39.1 Å². The Balaban J connectivity index is 0.00000193. The van der Waals surface area contributed by atoms with Crippen LogP contribution in [-0.4, -0.2) is 21.9 Å². The van der Waals surface area contributed by atoms with Crippen molar-refractivity contribution in [1.82, 2.24) is 0 Å². The Labute approximate surface area is 229 Å². The van der Waals surface area contributed by atoms with E-state index in [1.807, 2.05) is 0 Å². The first-order chi connectivity index (χ1) is 15.1. The van der Waals surface area contributed by atoms with Gasteiger partial charge in [0.2, 0.25) is 0 Å². The molecule has 0 bridgehead atoms. The molecule has 1 nitrogen and oxygen atoms in total. The van der Waals surface area contributed by atoms with Gasteiger partial charge in [-0.2, -0.15) is 0 Å². The SMILES string of the molecule is CC(C)[C@@H]1CC[C@@H](C)C[C@H]1[PH+](O)c1ccccc1[PH+](C1CCCCC1)C1CCCCC1.[CH3-].[CH3-].[Ir]. The van der Waals surface area contributed by atoms with E-state index in [4.69, 9.17) is 0 Å². The Morgan fingerprint density at radius 2 is 1.26 bits per heavy atom. The molecule has 0 spiro atoms. The van der Waals surface area contributed by atoms with Crippen LogP contribution in [0.1, 0.15) is 104 Å². The topological polar surface area (TPSA) is 20.2 Å². The van der Waals surface area contributed by atoms with E-state index in [-0.39, 0.29) is 35.0 Å². The molecular formula is C30H54IrOP2. The minimum atomic E-state index is -1.52. The molecule has 199 valence electrons. The monoisotopic (exact) mass is 685 g/mol. The second-order valence-corrected chi connectivity index (χ2v) is 16.6. The van der Waals surface area contributed by atoms with Gasteiger partial charge < -0.3 is 14.9 Å². The fourth-order valence-electron chi connectivity index (χ4n) is 7.27. The van der Waals surface area contributed by atoms with E-state index in [1.54, 1.807) is 5.30 Å². The van der Waals surface area contributed by atoms with E-state index in [0.29, 0.717) is 17.5 Å². The van der Waals surface area contributed by atoms with E-state index in [1.165, 1.54) is 88.8 Å². The fourth-order valence-corrected chi connectivity index (χ4v) is 15.0. The van der Waals surface area contributed by atoms with E-state index in [9.17, 15) is 4.89 Å². The van der Waals surface area contributed by atoms with Crippen molar-refractivity contribution >= 4 is 26.7 Å². The largest absolute Gasteiger partial charge is 0.358 e. The van der Waals surface area contributed by atoms with Crippen LogP contribution in [0.2, 0.25) is 0 Å². The van der Waals surface area contributed by atoms with Crippen LogP contribution in [0.15, 0.2) is 24.3 Å². The van der Waals surface area contributed by atoms with Gasteiger partial charge in [0.15, 0.2) is 13.5 Å². The van der Waals surface area contributed by atoms with Gasteiger partial charge in [0.05, 0.1) is 11.3 Å². The van der Waals surface area contributed by atoms with Crippen molar-refractivity contribution in [1.29, 1.82) is 0 Å². The minimum absolute atomic E-state index is 0. The number of benzene rings is 1. The van der Waals surface area contributed by atoms with Gasteiger partial charge in [0.1, 0.15) is 11.0 Å². The van der Waals surface area contributed by atoms with Crippen molar-refractivity contribution in [2.75, 3.05) is 0 Å². The smallest absolute Gasteiger partial charge is 0.169 e. The van der Waals surface area contributed by atoms with Crippen LogP contribution in [0.4, 0.5) is 0 Å². The van der Waals surface area contributed by atoms with Gasteiger partial charge in [0, 0.05) is 33.9 Å². The van der Waals surface area contributed by atoms with E-state index >= 15 is 0 Å². The average molecular weight is 685 g/mol. The molecule has 1 aromatic rings. The summed E-state index contributed by atoms with van der Waals surface area (Å²) < 4.78 is 0. The number of hydrogen-bond donors (Lipinski definition) is 1. The molecule has 4 rings (SSSR count). The van der Waals surface area contributed by atoms with E-state index in [0.717, 1.165) is 17.2 Å². The van der Waals surface area contributed by atoms with Crippen molar-refractivity contribution in [3.63, 3.8) is 0 Å². The van der Waals surface area contributed by atoms with Gasteiger partial charge in [-0.05, 0) is 88.2 Å². The molecule has 4 atom stereocenters. The van der Waals surface area contributed by atoms with Crippen LogP contribution in [0.3, 0.4) is 0 Å². The third-order valence-electron chi connectivity index (χ3n) is 8.98. The molecule has 1 radical (unpaired) electrons. The summed E-state index contributed by atoms with van der Waals surface area (Å²) in [5.74, 6) is 2.18. The maximum atomic E-state index is 12.0. The summed E-state index contributed by atoms with van der Waals surface area (Å²) in [5.41, 5.74) is 2.43. The van der Waals surface area contributed by atoms with Crippen LogP contribution in [0, 0.1) is 32.6 Å². The Hall–Kier alpha value is 0.689. The van der Waals surface area contributed by atoms with Gasteiger partial charge >= 0.3 is 0 Å². The molecule has 3 saturated carbocycles. The molecule has 0 heterocycles. The third kappa shape index (κ3) is 7.84. The maximum absolute atomic E-state index is 12.0. The van der Waals surface area contributed by atoms with Crippen molar-refractivity contribution in [2.45, 2.75) is 121 Å². The van der Waals surface area contributed by atoms with E-state index in [2.05, 4.69) is 45.0 Å². The zero-order valence-electron chi connectivity index (χ0n) is 22.7. The maximum Gasteiger partial charge on any atom is 0.169 e. The summed E-state index contributed by atoms with van der Waals surface area (Å²) in [6.07, 6.45) is 18.4. The van der Waals surface area contributed by atoms with Crippen LogP contribution >= 0.6 is 16.1 Å². The second-order valence-electron chi connectivity index (χ2n) is 11.5. The number of hydrogen-bond acceptors (Lipinski definition) is 1. The Kier molecular flexibility index (Phi) is 15.2. The predicted molar refractivity (Wildman–Crippen MR) is 156 cm³/mol. The Bertz CT molecular complexity index is 666. The molecule has 3 aliphatic rings. The molecule has 0 saturated heterocycles. The Morgan fingerprint density at radius 1 is 0.765 bits per heavy atom. The molecule has 4 heteroatoms. The minimum Gasteiger partial charge on any atom is -0.358 e. The normalized spacial score (nSPS) is 27.4. The first-order valence-corrected chi connectivity index (χ1v) is 16.8. The van der Waals surface area contributed by atoms with Crippen LogP contribution in [-0.2, 0) is 20.1 Å². The zero-order valence-corrected chi connectivity index (χ0v) is 27.1. The van der Waals surface area contributed by atoms with Crippen molar-refractivity contribution < 1.29 is 25.0 Å². The van der Waals surface area contributed by atoms with Crippen molar-refractivity contribution in [3.8, 4) is 0 Å². The summed E-state index contributed by atoms with van der Waals surface area (Å²) in [6, 6.07) is 9.40. The number of rotatable bonds is 6. The van der Waals surface area contributed by atoms with Crippen LogP contribution < -0.4 is 10.6 Å². The second kappa shape index (κ2) is 15.8. The molecule has 0 aromatic heterocycles. The van der Waals surface area contributed by atoms with Gasteiger partial charge in [-0.25, -0.2) is 4.89 Å². The molecule has 34 heavy (non-hydrogen) atoms. The summed E-state index contributed by atoms with van der Waals surface area (Å²) in [6.45, 7) is 7.21. The van der Waals surface area contributed by atoms with Crippen LogP contribution in [0.5, 0.6) is 0 Å². The third-order valence-corrected chi connectivity index (χ3v) is 15.6. The molecular weight excluding hydrogens is 630 g/mol. The summed E-state index contributed by atoms with van der Waals surface area (Å²) in [4.78, 5) is 12.0. The van der Waals surface area contributed by atoms with Crippen molar-refractivity contribution in [2.24, 2.45) is 17.8 Å². The van der Waals surface area contributed by atoms with Gasteiger partial charge in [-0.3, -0.25) is 0 Å². The Morgan fingerprint density at radius 3 is 1.76 bits per heavy atom. The molecule has 0 aliphatic heterocycles. The average Bonchev–Trinajstić information content (AvgIpc) is 2.80. The standard InChI is InChI=1S/C28H46OP2.2CH3.Ir/c1-21(2)25-19-18-22(3)20-28(25)31(29)27-17-11-10-16-26(27)30(23-12-6-4-7-13-23)24-14-8-5-9-15-24;;;/h10-11,16-17,21-25,28-29H,4-9,12-15,18-20H2,1-3H3;2*1H3;/q;2*-1;/p+2/t22-,25+,28-,31?;;;/m1.../s1. The van der Waals surface area contributed by atoms with E-state index < -0.39 is 16.1 Å². The molecule has 3 aliphatic carbocycles.